The number of pyridine rings is 1. The van der Waals surface area contributed by atoms with Crippen LogP contribution in [0, 0.1) is 12.8 Å². The van der Waals surface area contributed by atoms with Gasteiger partial charge in [-0.25, -0.2) is 0 Å². The van der Waals surface area contributed by atoms with Crippen LogP contribution in [0.4, 0.5) is 0 Å². The third-order valence-electron chi connectivity index (χ3n) is 6.07. The first kappa shape index (κ1) is 16.7. The lowest BCUT2D eigenvalue weighted by atomic mass is 9.93. The van der Waals surface area contributed by atoms with Gasteiger partial charge in [0.25, 0.3) is 0 Å². The van der Waals surface area contributed by atoms with Gasteiger partial charge < -0.3 is 4.90 Å². The Kier molecular flexibility index (Phi) is 4.06. The molecule has 140 valence electrons. The van der Waals surface area contributed by atoms with Crippen LogP contribution in [-0.4, -0.2) is 36.9 Å². The van der Waals surface area contributed by atoms with Crippen LogP contribution in [0.2, 0.25) is 0 Å². The van der Waals surface area contributed by atoms with E-state index in [-0.39, 0.29) is 5.92 Å². The molecule has 0 N–H and O–H groups in total. The first-order valence-electron chi connectivity index (χ1n) is 10.1. The molecule has 0 spiro atoms. The van der Waals surface area contributed by atoms with Crippen molar-refractivity contribution < 1.29 is 4.79 Å². The third-order valence-corrected chi connectivity index (χ3v) is 6.07. The highest BCUT2D eigenvalue weighted by Gasteiger charge is 2.37. The number of aromatic nitrogens is 4. The summed E-state index contributed by atoms with van der Waals surface area (Å²) in [7, 11) is 0. The van der Waals surface area contributed by atoms with E-state index in [0.717, 1.165) is 47.8 Å². The predicted octanol–water partition coefficient (Wildman–Crippen LogP) is 3.66. The number of benzene rings is 1. The maximum atomic E-state index is 13.1. The highest BCUT2D eigenvalue weighted by atomic mass is 16.2. The molecule has 0 bridgehead atoms. The van der Waals surface area contributed by atoms with E-state index in [1.807, 2.05) is 4.52 Å². The summed E-state index contributed by atoms with van der Waals surface area (Å²) in [5, 5.41) is 13.5. The zero-order valence-corrected chi connectivity index (χ0v) is 15.8. The van der Waals surface area contributed by atoms with E-state index < -0.39 is 0 Å². The molecule has 0 radical (unpaired) electrons. The first-order valence-corrected chi connectivity index (χ1v) is 10.1. The topological polar surface area (TPSA) is 63.4 Å². The lowest BCUT2D eigenvalue weighted by Crippen LogP contribution is -2.41. The monoisotopic (exact) mass is 363 g/mol. The van der Waals surface area contributed by atoms with Crippen LogP contribution in [0.25, 0.3) is 16.6 Å². The summed E-state index contributed by atoms with van der Waals surface area (Å²) in [6.07, 6.45) is 8.05. The van der Waals surface area contributed by atoms with Crippen LogP contribution < -0.4 is 0 Å². The van der Waals surface area contributed by atoms with Crippen molar-refractivity contribution in [2.24, 2.45) is 5.92 Å². The van der Waals surface area contributed by atoms with Gasteiger partial charge in [0, 0.05) is 29.5 Å². The number of hydrogen-bond donors (Lipinski definition) is 0. The molecule has 2 heterocycles. The molecule has 1 aromatic carbocycles. The summed E-state index contributed by atoms with van der Waals surface area (Å²) in [5.41, 5.74) is 3.99. The van der Waals surface area contributed by atoms with Crippen molar-refractivity contribution in [1.29, 1.82) is 0 Å². The van der Waals surface area contributed by atoms with E-state index in [0.29, 0.717) is 18.5 Å². The van der Waals surface area contributed by atoms with Gasteiger partial charge in [0.05, 0.1) is 5.52 Å². The van der Waals surface area contributed by atoms with Gasteiger partial charge in [-0.05, 0) is 60.7 Å². The summed E-state index contributed by atoms with van der Waals surface area (Å²) >= 11 is 0. The molecule has 0 unspecified atom stereocenters. The minimum atomic E-state index is 0.238. The molecule has 6 heteroatoms. The number of hydrogen-bond acceptors (Lipinski definition) is 4. The van der Waals surface area contributed by atoms with Crippen LogP contribution in [0.3, 0.4) is 0 Å². The maximum Gasteiger partial charge on any atom is 0.226 e. The van der Waals surface area contributed by atoms with Crippen LogP contribution in [0.1, 0.15) is 56.1 Å². The van der Waals surface area contributed by atoms with Crippen LogP contribution in [0.5, 0.6) is 0 Å². The van der Waals surface area contributed by atoms with Gasteiger partial charge in [-0.1, -0.05) is 31.4 Å². The molecule has 5 rings (SSSR count). The molecule has 2 fully saturated rings. The number of aryl methyl sites for hydroxylation is 1. The smallest absolute Gasteiger partial charge is 0.226 e. The molecule has 2 aliphatic rings. The minimum absolute atomic E-state index is 0.238. The summed E-state index contributed by atoms with van der Waals surface area (Å²) in [5.74, 6) is 0.568. The number of tetrazole rings is 1. The Labute approximate surface area is 158 Å². The predicted molar refractivity (Wildman–Crippen MR) is 103 cm³/mol. The van der Waals surface area contributed by atoms with Crippen LogP contribution >= 0.6 is 0 Å². The van der Waals surface area contributed by atoms with Gasteiger partial charge in [-0.2, -0.15) is 4.52 Å². The molecule has 0 atom stereocenters. The van der Waals surface area contributed by atoms with Crippen molar-refractivity contribution in [3.63, 3.8) is 0 Å². The zero-order chi connectivity index (χ0) is 18.4. The van der Waals surface area contributed by atoms with E-state index in [2.05, 4.69) is 51.6 Å². The number of carbonyl (C=O) groups excluding carboxylic acids is 1. The molecule has 1 amide bonds. The standard InChI is InChI=1S/C21H25N5O/c1-14-7-8-16-12-17(20-22-23-24-26(20)19(16)11-14)13-25(21(27)15-9-10-15)18-5-3-2-4-6-18/h7-8,11-12,15,18H,2-6,9-10,13H2,1H3. The normalized spacial score (nSPS) is 18.3. The second kappa shape index (κ2) is 6.59. The fourth-order valence-electron chi connectivity index (χ4n) is 4.41. The van der Waals surface area contributed by atoms with Crippen molar-refractivity contribution in [3.8, 4) is 0 Å². The number of nitrogens with zero attached hydrogens (tertiary/aromatic N) is 5. The van der Waals surface area contributed by atoms with E-state index >= 15 is 0 Å². The lowest BCUT2D eigenvalue weighted by molar-refractivity contribution is -0.136. The zero-order valence-electron chi connectivity index (χ0n) is 15.8. The average molecular weight is 363 g/mol. The fraction of sp³-hybridized carbons (Fsp3) is 0.524. The highest BCUT2D eigenvalue weighted by Crippen LogP contribution is 2.35. The summed E-state index contributed by atoms with van der Waals surface area (Å²) < 4.78 is 1.82. The molecule has 0 saturated heterocycles. The second-order valence-electron chi connectivity index (χ2n) is 8.18. The van der Waals surface area contributed by atoms with Gasteiger partial charge >= 0.3 is 0 Å². The fourth-order valence-corrected chi connectivity index (χ4v) is 4.41. The average Bonchev–Trinajstić information content (AvgIpc) is 3.42. The summed E-state index contributed by atoms with van der Waals surface area (Å²) in [6, 6.07) is 8.85. The van der Waals surface area contributed by atoms with Gasteiger partial charge in [0.15, 0.2) is 5.65 Å². The molecule has 2 aliphatic carbocycles. The SMILES string of the molecule is Cc1ccc2cc(CN(C(=O)C3CC3)C3CCCCC3)c3nnnn3c2c1. The van der Waals surface area contributed by atoms with Crippen LogP contribution in [-0.2, 0) is 11.3 Å². The highest BCUT2D eigenvalue weighted by molar-refractivity contribution is 5.85. The van der Waals surface area contributed by atoms with Crippen molar-refractivity contribution >= 4 is 22.5 Å². The van der Waals surface area contributed by atoms with E-state index in [4.69, 9.17) is 0 Å². The Morgan fingerprint density at radius 3 is 2.74 bits per heavy atom. The largest absolute Gasteiger partial charge is 0.335 e. The van der Waals surface area contributed by atoms with Crippen molar-refractivity contribution in [3.05, 3.63) is 35.4 Å². The van der Waals surface area contributed by atoms with Crippen molar-refractivity contribution in [2.75, 3.05) is 0 Å². The summed E-state index contributed by atoms with van der Waals surface area (Å²) in [4.78, 5) is 15.2. The van der Waals surface area contributed by atoms with E-state index in [1.54, 1.807) is 0 Å². The quantitative estimate of drug-likeness (QED) is 0.710. The first-order chi connectivity index (χ1) is 13.2. The Hall–Kier alpha value is -2.50. The molecule has 2 saturated carbocycles. The van der Waals surface area contributed by atoms with E-state index in [1.165, 1.54) is 24.8 Å². The molecular weight excluding hydrogens is 338 g/mol. The van der Waals surface area contributed by atoms with Crippen LogP contribution in [0.15, 0.2) is 24.3 Å². The van der Waals surface area contributed by atoms with Crippen molar-refractivity contribution in [1.82, 2.24) is 24.9 Å². The number of rotatable bonds is 4. The second-order valence-corrected chi connectivity index (χ2v) is 8.18. The maximum absolute atomic E-state index is 13.1. The Morgan fingerprint density at radius 2 is 1.96 bits per heavy atom. The van der Waals surface area contributed by atoms with Gasteiger partial charge in [0.2, 0.25) is 5.91 Å². The van der Waals surface area contributed by atoms with Gasteiger partial charge in [-0.15, -0.1) is 5.10 Å². The lowest BCUT2D eigenvalue weighted by Gasteiger charge is -2.34. The Bertz CT molecular complexity index is 1000. The molecule has 0 aliphatic heterocycles. The minimum Gasteiger partial charge on any atom is -0.335 e. The number of amides is 1. The number of fused-ring (bicyclic) bond motifs is 3. The van der Waals surface area contributed by atoms with Gasteiger partial charge in [0.1, 0.15) is 0 Å². The molecular formula is C21H25N5O. The van der Waals surface area contributed by atoms with Gasteiger partial charge in [-0.3, -0.25) is 4.79 Å². The third kappa shape index (κ3) is 3.07. The Balaban J connectivity index is 1.56. The molecule has 3 aromatic rings. The van der Waals surface area contributed by atoms with E-state index in [9.17, 15) is 4.79 Å². The molecule has 27 heavy (non-hydrogen) atoms. The molecule has 6 nitrogen and oxygen atoms in total. The van der Waals surface area contributed by atoms with Crippen molar-refractivity contribution in [2.45, 2.75) is 64.5 Å². The Morgan fingerprint density at radius 1 is 1.15 bits per heavy atom. The number of carbonyl (C=O) groups is 1. The summed E-state index contributed by atoms with van der Waals surface area (Å²) in [6.45, 7) is 2.68. The molecule has 2 aromatic heterocycles.